The molecular weight excluding hydrogens is 821 g/mol. The van der Waals surface area contributed by atoms with E-state index < -0.39 is 51.3 Å². The molecule has 1 aliphatic heterocycles. The number of methoxy groups -OCH3 is 1. The Labute approximate surface area is 364 Å². The van der Waals surface area contributed by atoms with Crippen LogP contribution in [0.25, 0.3) is 0 Å². The normalized spacial score (nSPS) is 21.0. The summed E-state index contributed by atoms with van der Waals surface area (Å²) in [5, 5.41) is 0.405. The Morgan fingerprint density at radius 2 is 1.20 bits per heavy atom. The third-order valence-corrected chi connectivity index (χ3v) is 16.3. The second kappa shape index (κ2) is 20.4. The van der Waals surface area contributed by atoms with Crippen molar-refractivity contribution in [1.29, 1.82) is 0 Å². The maximum Gasteiger partial charge on any atom is 0.422 e. The van der Waals surface area contributed by atoms with E-state index in [2.05, 4.69) is 33.9 Å². The number of halogens is 4. The molecule has 12 heteroatoms. The molecule has 7 nitrogen and oxygen atoms in total. The highest BCUT2D eigenvalue weighted by molar-refractivity contribution is 6.74. The van der Waals surface area contributed by atoms with Gasteiger partial charge in [0.1, 0.15) is 30.2 Å². The van der Waals surface area contributed by atoms with Crippen LogP contribution in [0.1, 0.15) is 54.2 Å². The van der Waals surface area contributed by atoms with Gasteiger partial charge in [-0.2, -0.15) is 13.2 Å². The van der Waals surface area contributed by atoms with Crippen LogP contribution in [0.5, 0.6) is 5.75 Å². The summed E-state index contributed by atoms with van der Waals surface area (Å²) in [5.41, 5.74) is 5.08. The molecule has 1 heterocycles. The van der Waals surface area contributed by atoms with Crippen LogP contribution in [0.15, 0.2) is 133 Å². The van der Waals surface area contributed by atoms with Gasteiger partial charge >= 0.3 is 6.18 Å². The van der Waals surface area contributed by atoms with E-state index in [0.29, 0.717) is 17.0 Å². The Hall–Kier alpha value is -4.04. The van der Waals surface area contributed by atoms with E-state index >= 15 is 0 Å². The van der Waals surface area contributed by atoms with E-state index in [-0.39, 0.29) is 37.2 Å². The third-order valence-electron chi connectivity index (χ3n) is 11.4. The molecule has 5 unspecified atom stereocenters. The third kappa shape index (κ3) is 12.3. The highest BCUT2D eigenvalue weighted by Crippen LogP contribution is 2.46. The van der Waals surface area contributed by atoms with Crippen LogP contribution >= 0.6 is 11.6 Å². The fraction of sp³-hybridized carbons (Fsp3) is 0.388. The minimum absolute atomic E-state index is 0.0846. The summed E-state index contributed by atoms with van der Waals surface area (Å²) in [6.45, 7) is 10.6. The van der Waals surface area contributed by atoms with Crippen LogP contribution in [0.4, 0.5) is 13.2 Å². The maximum absolute atomic E-state index is 12.8. The average Bonchev–Trinajstić information content (AvgIpc) is 3.24. The van der Waals surface area contributed by atoms with Crippen molar-refractivity contribution < 1.29 is 46.0 Å². The molecule has 0 radical (unpaired) electrons. The van der Waals surface area contributed by atoms with Gasteiger partial charge < -0.3 is 32.8 Å². The molecule has 0 amide bonds. The molecule has 0 saturated carbocycles. The summed E-state index contributed by atoms with van der Waals surface area (Å²) in [6.07, 6.45) is -7.11. The lowest BCUT2D eigenvalue weighted by Gasteiger charge is -2.52. The van der Waals surface area contributed by atoms with Crippen molar-refractivity contribution in [3.63, 3.8) is 0 Å². The summed E-state index contributed by atoms with van der Waals surface area (Å²) in [5.74, 6) is -1.46. The SMILES string of the molecule is COC1(c2ccc(Cl)c(Cc3ccc(OCC(F)(F)F)cc3)c2)OC(CO[Si](C)(C)C(C)(C)C)C(OCc2ccccc2)C(OCc2ccccc2)C1OCc1ccccc1. The van der Waals surface area contributed by atoms with Gasteiger partial charge in [0.15, 0.2) is 14.9 Å². The molecule has 5 aromatic rings. The van der Waals surface area contributed by atoms with Crippen molar-refractivity contribution >= 4 is 19.9 Å². The minimum Gasteiger partial charge on any atom is -0.484 e. The largest absolute Gasteiger partial charge is 0.484 e. The van der Waals surface area contributed by atoms with Crippen molar-refractivity contribution in [2.45, 2.75) is 102 Å². The van der Waals surface area contributed by atoms with Gasteiger partial charge in [0.05, 0.1) is 26.4 Å². The van der Waals surface area contributed by atoms with Crippen LogP contribution in [0.2, 0.25) is 23.2 Å². The zero-order valence-electron chi connectivity index (χ0n) is 35.6. The first-order valence-electron chi connectivity index (χ1n) is 20.5. The standard InChI is InChI=1S/C49H56ClF3O7Si/c1-47(2,3)61(5,6)59-33-43-44(55-30-36-16-10-7-11-17-36)45(56-31-37-18-12-8-13-19-37)46(57-32-38-20-14-9-15-21-38)49(54-4,60-43)40-24-27-42(50)39(29-40)28-35-22-25-41(26-23-35)58-34-48(51,52)53/h7-27,29,43-46H,28,30-34H2,1-6H3. The first kappa shape index (κ1) is 46.5. The fourth-order valence-electron chi connectivity index (χ4n) is 7.01. The van der Waals surface area contributed by atoms with Crippen molar-refractivity contribution in [3.05, 3.63) is 172 Å². The summed E-state index contributed by atoms with van der Waals surface area (Å²) in [4.78, 5) is 0. The number of hydrogen-bond donors (Lipinski definition) is 0. The lowest BCUT2D eigenvalue weighted by molar-refractivity contribution is -0.384. The summed E-state index contributed by atoms with van der Waals surface area (Å²) in [6, 6.07) is 41.9. The Bertz CT molecular complexity index is 2100. The number of rotatable bonds is 18. The molecule has 1 saturated heterocycles. The molecular formula is C49H56ClF3O7Si. The summed E-state index contributed by atoms with van der Waals surface area (Å²) in [7, 11) is -0.724. The molecule has 326 valence electrons. The molecule has 6 rings (SSSR count). The van der Waals surface area contributed by atoms with Crippen LogP contribution in [-0.4, -0.2) is 59.2 Å². The van der Waals surface area contributed by atoms with Crippen molar-refractivity contribution in [1.82, 2.24) is 0 Å². The monoisotopic (exact) mass is 876 g/mol. The highest BCUT2D eigenvalue weighted by Gasteiger charge is 2.59. The number of ether oxygens (including phenoxy) is 6. The second-order valence-electron chi connectivity index (χ2n) is 16.9. The lowest BCUT2D eigenvalue weighted by Crippen LogP contribution is -2.66. The van der Waals surface area contributed by atoms with E-state index in [0.717, 1.165) is 27.8 Å². The zero-order valence-corrected chi connectivity index (χ0v) is 37.4. The smallest absolute Gasteiger partial charge is 0.422 e. The predicted octanol–water partition coefficient (Wildman–Crippen LogP) is 11.8. The minimum atomic E-state index is -4.44. The number of hydrogen-bond acceptors (Lipinski definition) is 7. The molecule has 1 fully saturated rings. The van der Waals surface area contributed by atoms with Gasteiger partial charge in [-0.3, -0.25) is 0 Å². The van der Waals surface area contributed by atoms with Gasteiger partial charge in [-0.15, -0.1) is 0 Å². The van der Waals surface area contributed by atoms with Gasteiger partial charge in [-0.25, -0.2) is 0 Å². The maximum atomic E-state index is 12.8. The van der Waals surface area contributed by atoms with Crippen molar-refractivity contribution in [3.8, 4) is 5.75 Å². The lowest BCUT2D eigenvalue weighted by atomic mass is 9.86. The summed E-state index contributed by atoms with van der Waals surface area (Å²) >= 11 is 6.90. The predicted molar refractivity (Wildman–Crippen MR) is 234 cm³/mol. The van der Waals surface area contributed by atoms with E-state index in [9.17, 15) is 13.2 Å². The van der Waals surface area contributed by atoms with Crippen LogP contribution in [0, 0.1) is 0 Å². The van der Waals surface area contributed by atoms with Gasteiger partial charge in [-0.05, 0) is 76.6 Å². The molecule has 5 aromatic carbocycles. The molecule has 61 heavy (non-hydrogen) atoms. The molecule has 0 N–H and O–H groups in total. The van der Waals surface area contributed by atoms with Gasteiger partial charge in [0.2, 0.25) is 5.79 Å². The second-order valence-corrected chi connectivity index (χ2v) is 22.1. The average molecular weight is 878 g/mol. The van der Waals surface area contributed by atoms with Crippen LogP contribution < -0.4 is 4.74 Å². The Morgan fingerprint density at radius 3 is 1.70 bits per heavy atom. The fourth-order valence-corrected chi connectivity index (χ4v) is 8.21. The van der Waals surface area contributed by atoms with E-state index in [1.54, 1.807) is 25.3 Å². The number of benzene rings is 5. The van der Waals surface area contributed by atoms with Crippen LogP contribution in [0.3, 0.4) is 0 Å². The zero-order chi connectivity index (χ0) is 43.7. The Kier molecular flexibility index (Phi) is 15.6. The molecule has 0 aliphatic carbocycles. The first-order valence-corrected chi connectivity index (χ1v) is 23.8. The highest BCUT2D eigenvalue weighted by atomic mass is 35.5. The molecule has 0 spiro atoms. The molecule has 0 bridgehead atoms. The van der Waals surface area contributed by atoms with Crippen molar-refractivity contribution in [2.24, 2.45) is 0 Å². The van der Waals surface area contributed by atoms with Crippen LogP contribution in [-0.2, 0) is 60.1 Å². The topological polar surface area (TPSA) is 64.6 Å². The van der Waals surface area contributed by atoms with Gasteiger partial charge in [-0.1, -0.05) is 142 Å². The van der Waals surface area contributed by atoms with E-state index in [4.69, 9.17) is 44.4 Å². The molecule has 0 aromatic heterocycles. The Balaban J connectivity index is 1.44. The van der Waals surface area contributed by atoms with Crippen molar-refractivity contribution in [2.75, 3.05) is 20.3 Å². The summed E-state index contributed by atoms with van der Waals surface area (Å²) < 4.78 is 85.2. The molecule has 1 aliphatic rings. The van der Waals surface area contributed by atoms with Gasteiger partial charge in [0, 0.05) is 17.7 Å². The Morgan fingerprint density at radius 1 is 0.672 bits per heavy atom. The first-order chi connectivity index (χ1) is 29.1. The number of alkyl halides is 3. The molecule has 5 atom stereocenters. The van der Waals surface area contributed by atoms with E-state index in [1.807, 2.05) is 103 Å². The van der Waals surface area contributed by atoms with Gasteiger partial charge in [0.25, 0.3) is 0 Å². The van der Waals surface area contributed by atoms with E-state index in [1.165, 1.54) is 12.1 Å². The quantitative estimate of drug-likeness (QED) is 0.0813.